The first kappa shape index (κ1) is 27.8. The number of aromatic amines is 1. The fourth-order valence-corrected chi connectivity index (χ4v) is 6.97. The third-order valence-corrected chi connectivity index (χ3v) is 8.93. The standard InChI is InChI=1S/C28H37N5O4S/c1-19(2)15-17-38(36,37)32-28(27(29)35,20(3)26-30-22-12-7-8-13-23(22)31-26)18-25(34)33-16-9-14-24(33)21-10-5-4-6-11-21/h4-8,10-13,19-20,24,32H,9,14-18H2,1-3H3,(H2,29,35)(H,30,31)/t20-,24-,28?/m1/s1. The lowest BCUT2D eigenvalue weighted by Gasteiger charge is -2.37. The van der Waals surface area contributed by atoms with Crippen LogP contribution in [-0.4, -0.2) is 52.9 Å². The first-order valence-corrected chi connectivity index (χ1v) is 14.8. The maximum atomic E-state index is 13.9. The second-order valence-corrected chi connectivity index (χ2v) is 12.5. The van der Waals surface area contributed by atoms with Crippen molar-refractivity contribution in [3.8, 4) is 0 Å². The number of nitrogens with two attached hydrogens (primary N) is 1. The zero-order chi connectivity index (χ0) is 27.5. The number of sulfonamides is 1. The number of aromatic nitrogens is 2. The number of benzene rings is 2. The van der Waals surface area contributed by atoms with Crippen LogP contribution in [0.25, 0.3) is 11.0 Å². The van der Waals surface area contributed by atoms with Crippen molar-refractivity contribution in [3.63, 3.8) is 0 Å². The van der Waals surface area contributed by atoms with Gasteiger partial charge in [-0.3, -0.25) is 9.59 Å². The number of primary amides is 1. The van der Waals surface area contributed by atoms with Crippen molar-refractivity contribution in [3.05, 3.63) is 66.0 Å². The molecule has 4 N–H and O–H groups in total. The van der Waals surface area contributed by atoms with Crippen LogP contribution >= 0.6 is 0 Å². The molecule has 1 unspecified atom stereocenters. The largest absolute Gasteiger partial charge is 0.368 e. The van der Waals surface area contributed by atoms with Crippen molar-refractivity contribution in [1.82, 2.24) is 19.6 Å². The van der Waals surface area contributed by atoms with Gasteiger partial charge in [0.1, 0.15) is 11.4 Å². The molecule has 0 saturated carbocycles. The van der Waals surface area contributed by atoms with Crippen LogP contribution in [-0.2, 0) is 19.6 Å². The number of amides is 2. The maximum Gasteiger partial charge on any atom is 0.240 e. The summed E-state index contributed by atoms with van der Waals surface area (Å²) < 4.78 is 29.2. The molecule has 10 heteroatoms. The summed E-state index contributed by atoms with van der Waals surface area (Å²) in [6.07, 6.45) is 1.59. The number of likely N-dealkylation sites (tertiary alicyclic amines) is 1. The van der Waals surface area contributed by atoms with E-state index in [1.54, 1.807) is 11.8 Å². The van der Waals surface area contributed by atoms with Crippen LogP contribution in [0.2, 0.25) is 0 Å². The molecule has 3 aromatic rings. The molecule has 0 aliphatic carbocycles. The Morgan fingerprint density at radius 2 is 1.82 bits per heavy atom. The fourth-order valence-electron chi connectivity index (χ4n) is 5.19. The molecular formula is C28H37N5O4S. The molecule has 1 aliphatic rings. The van der Waals surface area contributed by atoms with E-state index in [4.69, 9.17) is 5.73 Å². The summed E-state index contributed by atoms with van der Waals surface area (Å²) in [5.41, 5.74) is 6.49. The Hall–Kier alpha value is -3.24. The minimum Gasteiger partial charge on any atom is -0.368 e. The van der Waals surface area contributed by atoms with Gasteiger partial charge in [-0.25, -0.2) is 13.4 Å². The highest BCUT2D eigenvalue weighted by molar-refractivity contribution is 7.89. The molecule has 204 valence electrons. The highest BCUT2D eigenvalue weighted by Crippen LogP contribution is 2.37. The van der Waals surface area contributed by atoms with Crippen LogP contribution in [0.1, 0.15) is 69.8 Å². The summed E-state index contributed by atoms with van der Waals surface area (Å²) in [5.74, 6) is -1.75. The minimum atomic E-state index is -3.96. The van der Waals surface area contributed by atoms with Gasteiger partial charge >= 0.3 is 0 Å². The van der Waals surface area contributed by atoms with Gasteiger partial charge in [-0.1, -0.05) is 63.2 Å². The lowest BCUT2D eigenvalue weighted by Crippen LogP contribution is -2.62. The number of carbonyl (C=O) groups excluding carboxylic acids is 2. The van der Waals surface area contributed by atoms with Gasteiger partial charge < -0.3 is 15.6 Å². The molecule has 9 nitrogen and oxygen atoms in total. The van der Waals surface area contributed by atoms with E-state index in [-0.39, 0.29) is 23.6 Å². The molecule has 1 aliphatic heterocycles. The molecule has 4 rings (SSSR count). The van der Waals surface area contributed by atoms with Gasteiger partial charge in [0, 0.05) is 12.5 Å². The summed E-state index contributed by atoms with van der Waals surface area (Å²) in [5, 5.41) is 0. The molecule has 3 atom stereocenters. The van der Waals surface area contributed by atoms with E-state index in [1.165, 1.54) is 0 Å². The molecule has 0 bridgehead atoms. The Bertz CT molecular complexity index is 1360. The number of H-pyrrole nitrogens is 1. The van der Waals surface area contributed by atoms with Gasteiger partial charge in [0.25, 0.3) is 0 Å². The van der Waals surface area contributed by atoms with Crippen molar-refractivity contribution in [2.24, 2.45) is 11.7 Å². The van der Waals surface area contributed by atoms with Crippen LogP contribution in [0, 0.1) is 5.92 Å². The summed E-state index contributed by atoms with van der Waals surface area (Å²) in [6.45, 7) is 6.05. The predicted octanol–water partition coefficient (Wildman–Crippen LogP) is 3.61. The molecule has 1 fully saturated rings. The third-order valence-electron chi connectivity index (χ3n) is 7.49. The van der Waals surface area contributed by atoms with Crippen molar-refractivity contribution in [2.45, 2.75) is 64.0 Å². The van der Waals surface area contributed by atoms with E-state index in [0.29, 0.717) is 24.3 Å². The Kier molecular flexibility index (Phi) is 8.22. The van der Waals surface area contributed by atoms with Crippen LogP contribution < -0.4 is 10.5 Å². The third kappa shape index (κ3) is 5.91. The lowest BCUT2D eigenvalue weighted by atomic mass is 9.81. The number of rotatable bonds is 11. The fraction of sp³-hybridized carbons (Fsp3) is 0.464. The highest BCUT2D eigenvalue weighted by Gasteiger charge is 2.50. The number of hydrogen-bond acceptors (Lipinski definition) is 5. The van der Waals surface area contributed by atoms with E-state index in [0.717, 1.165) is 23.9 Å². The first-order valence-electron chi connectivity index (χ1n) is 13.1. The molecule has 0 radical (unpaired) electrons. The second-order valence-electron chi connectivity index (χ2n) is 10.6. The lowest BCUT2D eigenvalue weighted by molar-refractivity contribution is -0.138. The molecule has 1 aromatic heterocycles. The smallest absolute Gasteiger partial charge is 0.240 e. The summed E-state index contributed by atoms with van der Waals surface area (Å²) in [6, 6.07) is 16.9. The van der Waals surface area contributed by atoms with Crippen molar-refractivity contribution in [1.29, 1.82) is 0 Å². The van der Waals surface area contributed by atoms with Crippen molar-refractivity contribution < 1.29 is 18.0 Å². The SMILES string of the molecule is CC(C)CCS(=O)(=O)NC(CC(=O)N1CCC[C@@H]1c1ccccc1)(C(N)=O)[C@H](C)c1nc2ccccc2[nH]1. The van der Waals surface area contributed by atoms with Crippen molar-refractivity contribution >= 4 is 32.9 Å². The molecule has 2 amide bonds. The Morgan fingerprint density at radius 3 is 2.47 bits per heavy atom. The van der Waals surface area contributed by atoms with Gasteiger partial charge in [-0.05, 0) is 42.9 Å². The average molecular weight is 540 g/mol. The number of imidazole rings is 1. The van der Waals surface area contributed by atoms with Gasteiger partial charge in [-0.2, -0.15) is 4.72 Å². The number of fused-ring (bicyclic) bond motifs is 1. The van der Waals surface area contributed by atoms with Crippen LogP contribution in [0.3, 0.4) is 0 Å². The monoisotopic (exact) mass is 539 g/mol. The second kappa shape index (κ2) is 11.2. The van der Waals surface area contributed by atoms with E-state index in [9.17, 15) is 18.0 Å². The highest BCUT2D eigenvalue weighted by atomic mass is 32.2. The topological polar surface area (TPSA) is 138 Å². The van der Waals surface area contributed by atoms with Gasteiger partial charge in [0.05, 0.1) is 29.2 Å². The zero-order valence-corrected chi connectivity index (χ0v) is 23.0. The van der Waals surface area contributed by atoms with Gasteiger partial charge in [-0.15, -0.1) is 0 Å². The number of carbonyl (C=O) groups is 2. The summed E-state index contributed by atoms with van der Waals surface area (Å²) in [7, 11) is -3.96. The maximum absolute atomic E-state index is 13.9. The van der Waals surface area contributed by atoms with Crippen LogP contribution in [0.15, 0.2) is 54.6 Å². The molecule has 2 heterocycles. The van der Waals surface area contributed by atoms with E-state index >= 15 is 0 Å². The number of nitrogens with one attached hydrogen (secondary N) is 2. The normalized spacial score (nSPS) is 18.5. The molecule has 1 saturated heterocycles. The molecular weight excluding hydrogens is 502 g/mol. The number of para-hydroxylation sites is 2. The zero-order valence-electron chi connectivity index (χ0n) is 22.2. The Labute approximate surface area is 224 Å². The van der Waals surface area contributed by atoms with Gasteiger partial charge in [0.15, 0.2) is 0 Å². The minimum absolute atomic E-state index is 0.139. The predicted molar refractivity (Wildman–Crippen MR) is 148 cm³/mol. The van der Waals surface area contributed by atoms with E-state index in [1.807, 2.05) is 68.4 Å². The summed E-state index contributed by atoms with van der Waals surface area (Å²) >= 11 is 0. The number of nitrogens with zero attached hydrogens (tertiary/aromatic N) is 2. The Morgan fingerprint density at radius 1 is 1.13 bits per heavy atom. The molecule has 2 aromatic carbocycles. The van der Waals surface area contributed by atoms with E-state index < -0.39 is 33.8 Å². The van der Waals surface area contributed by atoms with Crippen LogP contribution in [0.5, 0.6) is 0 Å². The van der Waals surface area contributed by atoms with Gasteiger partial charge in [0.2, 0.25) is 21.8 Å². The van der Waals surface area contributed by atoms with Crippen molar-refractivity contribution in [2.75, 3.05) is 12.3 Å². The summed E-state index contributed by atoms with van der Waals surface area (Å²) in [4.78, 5) is 36.7. The molecule has 0 spiro atoms. The quantitative estimate of drug-likeness (QED) is 0.342. The average Bonchev–Trinajstić information content (AvgIpc) is 3.54. The first-order chi connectivity index (χ1) is 18.0. The van der Waals surface area contributed by atoms with E-state index in [2.05, 4.69) is 14.7 Å². The van der Waals surface area contributed by atoms with Crippen LogP contribution in [0.4, 0.5) is 0 Å². The number of hydrogen-bond donors (Lipinski definition) is 3. The Balaban J connectivity index is 1.72. The molecule has 38 heavy (non-hydrogen) atoms.